The second kappa shape index (κ2) is 12.8. The molecular weight excluding hydrogens is 344 g/mol. The molecule has 1 aromatic rings. The van der Waals surface area contributed by atoms with E-state index in [1.807, 2.05) is 58.9 Å². The molecule has 1 aliphatic rings. The van der Waals surface area contributed by atoms with Gasteiger partial charge in [-0.3, -0.25) is 4.79 Å². The number of hydrogen-bond acceptors (Lipinski definition) is 4. The summed E-state index contributed by atoms with van der Waals surface area (Å²) < 4.78 is 5.15. The molecule has 1 fully saturated rings. The zero-order valence-corrected chi connectivity index (χ0v) is 17.0. The molecule has 0 bridgehead atoms. The topological polar surface area (TPSA) is 78.9 Å². The number of nitrogens with one attached hydrogen (secondary N) is 1. The molecule has 6 nitrogen and oxygen atoms in total. The van der Waals surface area contributed by atoms with Gasteiger partial charge < -0.3 is 20.1 Å². The number of carbonyl (C=O) groups is 2. The Hall–Kier alpha value is -2.52. The third-order valence-corrected chi connectivity index (χ3v) is 3.33. The highest BCUT2D eigenvalue weighted by atomic mass is 16.6. The van der Waals surface area contributed by atoms with E-state index in [1.165, 1.54) is 4.90 Å². The Morgan fingerprint density at radius 3 is 2.37 bits per heavy atom. The molecule has 1 aliphatic heterocycles. The van der Waals surface area contributed by atoms with Crippen LogP contribution in [0.2, 0.25) is 0 Å². The summed E-state index contributed by atoms with van der Waals surface area (Å²) >= 11 is 0. The number of benzene rings is 1. The predicted octanol–water partition coefficient (Wildman–Crippen LogP) is 2.93. The van der Waals surface area contributed by atoms with Gasteiger partial charge in [-0.25, -0.2) is 4.79 Å². The predicted molar refractivity (Wildman–Crippen MR) is 107 cm³/mol. The van der Waals surface area contributed by atoms with Gasteiger partial charge in [0, 0.05) is 25.2 Å². The third-order valence-electron chi connectivity index (χ3n) is 3.33. The number of rotatable bonds is 3. The lowest BCUT2D eigenvalue weighted by molar-refractivity contribution is -0.109. The number of β-amino-alcohol motifs (C(OH)–C–C–N with tert-alkyl or cyclic N) is 1. The van der Waals surface area contributed by atoms with Gasteiger partial charge in [0.25, 0.3) is 0 Å². The first-order valence-electron chi connectivity index (χ1n) is 9.13. The molecule has 2 N–H and O–H groups in total. The van der Waals surface area contributed by atoms with Crippen LogP contribution in [0.4, 0.5) is 4.79 Å². The molecule has 0 aromatic heterocycles. The Morgan fingerprint density at radius 2 is 1.96 bits per heavy atom. The zero-order chi connectivity index (χ0) is 20.9. The molecule has 0 aliphatic carbocycles. The quantitative estimate of drug-likeness (QED) is 0.628. The van der Waals surface area contributed by atoms with Crippen molar-refractivity contribution < 1.29 is 19.4 Å². The van der Waals surface area contributed by atoms with Crippen LogP contribution in [0.1, 0.15) is 52.2 Å². The molecule has 150 valence electrons. The van der Waals surface area contributed by atoms with Gasteiger partial charge in [0.1, 0.15) is 5.60 Å². The van der Waals surface area contributed by atoms with Crippen LogP contribution in [0, 0.1) is 12.3 Å². The number of ether oxygens (including phenoxy) is 1. The van der Waals surface area contributed by atoms with Crippen molar-refractivity contribution in [1.82, 2.24) is 10.2 Å². The minimum Gasteiger partial charge on any atom is -0.444 e. The van der Waals surface area contributed by atoms with Crippen LogP contribution in [-0.4, -0.2) is 47.3 Å². The van der Waals surface area contributed by atoms with Gasteiger partial charge in [0.15, 0.2) is 0 Å². The number of hydrogen-bond donors (Lipinski definition) is 2. The Balaban J connectivity index is 0.000000460. The van der Waals surface area contributed by atoms with Crippen LogP contribution >= 0.6 is 0 Å². The van der Waals surface area contributed by atoms with Crippen molar-refractivity contribution in [2.24, 2.45) is 0 Å². The van der Waals surface area contributed by atoms with Crippen LogP contribution in [-0.2, 0) is 16.1 Å². The van der Waals surface area contributed by atoms with Crippen LogP contribution in [0.15, 0.2) is 24.3 Å². The largest absolute Gasteiger partial charge is 0.444 e. The van der Waals surface area contributed by atoms with Crippen molar-refractivity contribution in [1.29, 1.82) is 0 Å². The Bertz CT molecular complexity index is 600. The summed E-state index contributed by atoms with van der Waals surface area (Å²) in [5.74, 6) is 2.52. The molecule has 2 amide bonds. The lowest BCUT2D eigenvalue weighted by atomic mass is 10.1. The first kappa shape index (κ1) is 24.5. The number of terminal acetylenes is 1. The summed E-state index contributed by atoms with van der Waals surface area (Å²) in [4.78, 5) is 22.9. The van der Waals surface area contributed by atoms with E-state index >= 15 is 0 Å². The molecule has 1 saturated heterocycles. The molecule has 0 radical (unpaired) electrons. The summed E-state index contributed by atoms with van der Waals surface area (Å²) in [6, 6.07) is 7.49. The monoisotopic (exact) mass is 376 g/mol. The molecule has 1 aromatic carbocycles. The standard InChI is InChI=1S/C10H9NO.C9H17NO3.C2H6/c1-2-9-3-5-10(6-4-9)7-11-8-12;1-9(2,3)13-8(12)10-5-4-7(11)6-10;1-2/h1,3-6,8H,7H2,(H,11,12);7,11H,4-6H2,1-3H3;1-2H3. The SMILES string of the molecule is C#Cc1ccc(CNC=O)cc1.CC.CC(C)(C)OC(=O)N1CCC(O)C1. The van der Waals surface area contributed by atoms with Crippen molar-refractivity contribution in [2.45, 2.75) is 59.3 Å². The normalized spacial score (nSPS) is 15.3. The lowest BCUT2D eigenvalue weighted by Crippen LogP contribution is -2.35. The van der Waals surface area contributed by atoms with E-state index in [4.69, 9.17) is 11.2 Å². The van der Waals surface area contributed by atoms with Gasteiger partial charge in [-0.05, 0) is 44.9 Å². The van der Waals surface area contributed by atoms with Crippen LogP contribution < -0.4 is 5.32 Å². The Kier molecular flexibility index (Phi) is 11.6. The van der Waals surface area contributed by atoms with E-state index in [-0.39, 0.29) is 12.2 Å². The Labute approximate surface area is 162 Å². The van der Waals surface area contributed by atoms with E-state index in [0.29, 0.717) is 32.5 Å². The van der Waals surface area contributed by atoms with Crippen molar-refractivity contribution in [3.05, 3.63) is 35.4 Å². The van der Waals surface area contributed by atoms with Gasteiger partial charge >= 0.3 is 6.09 Å². The van der Waals surface area contributed by atoms with Crippen molar-refractivity contribution in [3.63, 3.8) is 0 Å². The highest BCUT2D eigenvalue weighted by Crippen LogP contribution is 2.14. The van der Waals surface area contributed by atoms with Crippen molar-refractivity contribution in [2.75, 3.05) is 13.1 Å². The van der Waals surface area contributed by atoms with Crippen LogP contribution in [0.25, 0.3) is 0 Å². The fraction of sp³-hybridized carbons (Fsp3) is 0.524. The number of amides is 2. The minimum absolute atomic E-state index is 0.330. The van der Waals surface area contributed by atoms with E-state index in [2.05, 4.69) is 11.2 Å². The Morgan fingerprint density at radius 1 is 1.37 bits per heavy atom. The molecular formula is C21H32N2O4. The second-order valence-electron chi connectivity index (χ2n) is 6.71. The fourth-order valence-electron chi connectivity index (χ4n) is 2.11. The third kappa shape index (κ3) is 10.9. The zero-order valence-electron chi connectivity index (χ0n) is 17.0. The highest BCUT2D eigenvalue weighted by Gasteiger charge is 2.28. The smallest absolute Gasteiger partial charge is 0.410 e. The van der Waals surface area contributed by atoms with E-state index in [0.717, 1.165) is 11.1 Å². The van der Waals surface area contributed by atoms with E-state index in [1.54, 1.807) is 0 Å². The molecule has 1 unspecified atom stereocenters. The number of likely N-dealkylation sites (tertiary alicyclic amines) is 1. The summed E-state index contributed by atoms with van der Waals surface area (Å²) in [6.07, 6.45) is 5.79. The molecule has 1 atom stereocenters. The lowest BCUT2D eigenvalue weighted by Gasteiger charge is -2.24. The number of nitrogens with zero attached hydrogens (tertiary/aromatic N) is 1. The van der Waals surface area contributed by atoms with Gasteiger partial charge in [0.05, 0.1) is 6.10 Å². The van der Waals surface area contributed by atoms with Crippen molar-refractivity contribution in [3.8, 4) is 12.3 Å². The van der Waals surface area contributed by atoms with Gasteiger partial charge in [-0.2, -0.15) is 0 Å². The summed E-state index contributed by atoms with van der Waals surface area (Å²) in [5.41, 5.74) is 1.44. The first-order valence-corrected chi connectivity index (χ1v) is 9.13. The molecule has 6 heteroatoms. The maximum atomic E-state index is 11.4. The van der Waals surface area contributed by atoms with Crippen LogP contribution in [0.5, 0.6) is 0 Å². The van der Waals surface area contributed by atoms with E-state index in [9.17, 15) is 14.7 Å². The number of aliphatic hydroxyl groups excluding tert-OH is 1. The summed E-state index contributed by atoms with van der Waals surface area (Å²) in [6.45, 7) is 11.0. The summed E-state index contributed by atoms with van der Waals surface area (Å²) in [5, 5.41) is 11.8. The molecule has 0 spiro atoms. The molecule has 2 rings (SSSR count). The number of aliphatic hydroxyl groups is 1. The maximum absolute atomic E-state index is 11.4. The molecule has 0 saturated carbocycles. The fourth-order valence-corrected chi connectivity index (χ4v) is 2.11. The molecule has 27 heavy (non-hydrogen) atoms. The van der Waals surface area contributed by atoms with Gasteiger partial charge in [-0.15, -0.1) is 6.42 Å². The van der Waals surface area contributed by atoms with E-state index < -0.39 is 5.60 Å². The highest BCUT2D eigenvalue weighted by molar-refractivity contribution is 5.68. The van der Waals surface area contributed by atoms with Gasteiger partial charge in [0.2, 0.25) is 6.41 Å². The van der Waals surface area contributed by atoms with Gasteiger partial charge in [-0.1, -0.05) is 31.9 Å². The average molecular weight is 376 g/mol. The molecule has 1 heterocycles. The average Bonchev–Trinajstić information content (AvgIpc) is 3.08. The summed E-state index contributed by atoms with van der Waals surface area (Å²) in [7, 11) is 0. The number of carbonyl (C=O) groups excluding carboxylic acids is 2. The van der Waals surface area contributed by atoms with Crippen molar-refractivity contribution >= 4 is 12.5 Å². The second-order valence-corrected chi connectivity index (χ2v) is 6.71. The maximum Gasteiger partial charge on any atom is 0.410 e. The van der Waals surface area contributed by atoms with Crippen LogP contribution in [0.3, 0.4) is 0 Å². The minimum atomic E-state index is -0.454. The first-order chi connectivity index (χ1) is 12.7.